The number of hydrogen-bond donors (Lipinski definition) is 2. The van der Waals surface area contributed by atoms with E-state index in [0.29, 0.717) is 11.4 Å². The average molecular weight is 213 g/mol. The van der Waals surface area contributed by atoms with Crippen molar-refractivity contribution in [2.24, 2.45) is 0 Å². The van der Waals surface area contributed by atoms with Crippen LogP contribution in [0.25, 0.3) is 11.4 Å². The maximum Gasteiger partial charge on any atom is 0.239 e. The summed E-state index contributed by atoms with van der Waals surface area (Å²) in [6, 6.07) is 4.44. The van der Waals surface area contributed by atoms with Crippen LogP contribution in [0, 0.1) is 5.82 Å². The summed E-state index contributed by atoms with van der Waals surface area (Å²) in [5.41, 5.74) is 5.75. The third kappa shape index (κ3) is 1.42. The number of aromatic nitrogens is 3. The monoisotopic (exact) mass is 212 g/mol. The lowest BCUT2D eigenvalue weighted by atomic mass is 10.2. The maximum absolute atomic E-state index is 13.0. The molecule has 0 amide bonds. The largest absolute Gasteiger partial charge is 0.366 e. The minimum Gasteiger partial charge on any atom is -0.366 e. The van der Waals surface area contributed by atoms with E-state index >= 15 is 0 Å². The minimum absolute atomic E-state index is 0.00338. The van der Waals surface area contributed by atoms with Gasteiger partial charge in [-0.05, 0) is 12.1 Å². The standard InChI is InChI=1S/C8H6ClFN4/c9-6-4(2-1-3-5(6)10)7-12-8(11)14-13-7/h1-3H,(H3,11,12,13,14). The van der Waals surface area contributed by atoms with Crippen molar-refractivity contribution in [1.29, 1.82) is 0 Å². The zero-order valence-electron chi connectivity index (χ0n) is 6.96. The van der Waals surface area contributed by atoms with Gasteiger partial charge in [-0.2, -0.15) is 4.98 Å². The van der Waals surface area contributed by atoms with E-state index in [9.17, 15) is 4.39 Å². The summed E-state index contributed by atoms with van der Waals surface area (Å²) in [5, 5.41) is 6.18. The van der Waals surface area contributed by atoms with Gasteiger partial charge in [0, 0.05) is 5.56 Å². The Morgan fingerprint density at radius 2 is 2.21 bits per heavy atom. The van der Waals surface area contributed by atoms with Gasteiger partial charge in [0.15, 0.2) is 5.82 Å². The number of rotatable bonds is 1. The summed E-state index contributed by atoms with van der Waals surface area (Å²) in [5.74, 6) is -0.0496. The fourth-order valence-electron chi connectivity index (χ4n) is 1.08. The molecule has 0 bridgehead atoms. The van der Waals surface area contributed by atoms with Crippen molar-refractivity contribution in [2.45, 2.75) is 0 Å². The van der Waals surface area contributed by atoms with Gasteiger partial charge < -0.3 is 5.73 Å². The second kappa shape index (κ2) is 3.26. The predicted molar refractivity (Wildman–Crippen MR) is 51.2 cm³/mol. The van der Waals surface area contributed by atoms with Crippen molar-refractivity contribution in [3.05, 3.63) is 29.0 Å². The van der Waals surface area contributed by atoms with Crippen LogP contribution in [-0.4, -0.2) is 15.2 Å². The number of nitrogens with zero attached hydrogens (tertiary/aromatic N) is 2. The van der Waals surface area contributed by atoms with E-state index in [-0.39, 0.29) is 11.0 Å². The van der Waals surface area contributed by atoms with Gasteiger partial charge in [-0.15, -0.1) is 5.10 Å². The topological polar surface area (TPSA) is 67.6 Å². The summed E-state index contributed by atoms with van der Waals surface area (Å²) < 4.78 is 13.0. The molecule has 0 aliphatic rings. The number of anilines is 1. The number of nitrogens with two attached hydrogens (primary N) is 1. The zero-order chi connectivity index (χ0) is 10.1. The van der Waals surface area contributed by atoms with Crippen molar-refractivity contribution in [3.8, 4) is 11.4 Å². The van der Waals surface area contributed by atoms with E-state index in [2.05, 4.69) is 15.2 Å². The third-order valence-electron chi connectivity index (χ3n) is 1.71. The molecular weight excluding hydrogens is 207 g/mol. The molecule has 0 aliphatic carbocycles. The predicted octanol–water partition coefficient (Wildman–Crippen LogP) is 1.85. The number of H-pyrrole nitrogens is 1. The fraction of sp³-hybridized carbons (Fsp3) is 0. The molecule has 0 radical (unpaired) electrons. The Morgan fingerprint density at radius 3 is 2.86 bits per heavy atom. The van der Waals surface area contributed by atoms with Crippen LogP contribution in [0.4, 0.5) is 10.3 Å². The Bertz CT molecular complexity index is 468. The lowest BCUT2D eigenvalue weighted by molar-refractivity contribution is 0.628. The van der Waals surface area contributed by atoms with Gasteiger partial charge in [-0.3, -0.25) is 5.10 Å². The molecule has 3 N–H and O–H groups in total. The summed E-state index contributed by atoms with van der Waals surface area (Å²) >= 11 is 5.73. The second-order valence-corrected chi connectivity index (χ2v) is 3.02. The molecule has 0 fully saturated rings. The molecule has 1 heterocycles. The van der Waals surface area contributed by atoms with Gasteiger partial charge in [-0.1, -0.05) is 17.7 Å². The van der Waals surface area contributed by atoms with Crippen molar-refractivity contribution in [3.63, 3.8) is 0 Å². The van der Waals surface area contributed by atoms with Crippen LogP contribution in [0.2, 0.25) is 5.02 Å². The molecule has 14 heavy (non-hydrogen) atoms. The molecule has 0 saturated heterocycles. The second-order valence-electron chi connectivity index (χ2n) is 2.64. The van der Waals surface area contributed by atoms with Gasteiger partial charge in [0.25, 0.3) is 0 Å². The van der Waals surface area contributed by atoms with Crippen LogP contribution >= 0.6 is 11.6 Å². The lowest BCUT2D eigenvalue weighted by Gasteiger charge is -1.99. The molecule has 1 aromatic carbocycles. The lowest BCUT2D eigenvalue weighted by Crippen LogP contribution is -1.87. The first-order valence-electron chi connectivity index (χ1n) is 3.81. The molecule has 0 aliphatic heterocycles. The van der Waals surface area contributed by atoms with Crippen molar-refractivity contribution in [1.82, 2.24) is 15.2 Å². The third-order valence-corrected chi connectivity index (χ3v) is 2.09. The first-order chi connectivity index (χ1) is 6.68. The number of hydrogen-bond acceptors (Lipinski definition) is 3. The van der Waals surface area contributed by atoms with Crippen LogP contribution in [0.3, 0.4) is 0 Å². The highest BCUT2D eigenvalue weighted by atomic mass is 35.5. The molecule has 2 rings (SSSR count). The molecule has 2 aromatic rings. The zero-order valence-corrected chi connectivity index (χ0v) is 7.72. The first-order valence-corrected chi connectivity index (χ1v) is 4.18. The Morgan fingerprint density at radius 1 is 1.43 bits per heavy atom. The molecule has 0 atom stereocenters. The van der Waals surface area contributed by atoms with E-state index in [1.54, 1.807) is 6.07 Å². The average Bonchev–Trinajstić information content (AvgIpc) is 2.57. The highest BCUT2D eigenvalue weighted by Gasteiger charge is 2.10. The quantitative estimate of drug-likeness (QED) is 0.758. The van der Waals surface area contributed by atoms with Gasteiger partial charge >= 0.3 is 0 Å². The van der Waals surface area contributed by atoms with E-state index in [0.717, 1.165) is 0 Å². The number of nitrogens with one attached hydrogen (secondary N) is 1. The number of nitrogen functional groups attached to an aromatic ring is 1. The van der Waals surface area contributed by atoms with Crippen LogP contribution in [0.5, 0.6) is 0 Å². The van der Waals surface area contributed by atoms with Gasteiger partial charge in [0.05, 0.1) is 5.02 Å². The van der Waals surface area contributed by atoms with Crippen LogP contribution in [-0.2, 0) is 0 Å². The molecule has 1 aromatic heterocycles. The normalized spacial score (nSPS) is 10.4. The van der Waals surface area contributed by atoms with Crippen molar-refractivity contribution in [2.75, 3.05) is 5.73 Å². The Kier molecular flexibility index (Phi) is 2.09. The number of halogens is 2. The first kappa shape index (κ1) is 8.96. The van der Waals surface area contributed by atoms with E-state index in [1.165, 1.54) is 12.1 Å². The van der Waals surface area contributed by atoms with Crippen LogP contribution in [0.15, 0.2) is 18.2 Å². The molecule has 72 valence electrons. The highest BCUT2D eigenvalue weighted by molar-refractivity contribution is 6.33. The van der Waals surface area contributed by atoms with Crippen molar-refractivity contribution >= 4 is 17.5 Å². The summed E-state index contributed by atoms with van der Waals surface area (Å²) in [6.07, 6.45) is 0. The molecule has 4 nitrogen and oxygen atoms in total. The number of benzene rings is 1. The Hall–Kier alpha value is -1.62. The van der Waals surface area contributed by atoms with Gasteiger partial charge in [-0.25, -0.2) is 4.39 Å². The highest BCUT2D eigenvalue weighted by Crippen LogP contribution is 2.27. The number of aromatic amines is 1. The van der Waals surface area contributed by atoms with Gasteiger partial charge in [0.2, 0.25) is 5.95 Å². The molecule has 0 spiro atoms. The molecule has 0 unspecified atom stereocenters. The Balaban J connectivity index is 2.57. The Labute approximate surface area is 83.9 Å². The van der Waals surface area contributed by atoms with Crippen LogP contribution in [0.1, 0.15) is 0 Å². The van der Waals surface area contributed by atoms with E-state index in [4.69, 9.17) is 17.3 Å². The van der Waals surface area contributed by atoms with Gasteiger partial charge in [0.1, 0.15) is 5.82 Å². The fourth-order valence-corrected chi connectivity index (χ4v) is 1.30. The smallest absolute Gasteiger partial charge is 0.239 e. The van der Waals surface area contributed by atoms with E-state index in [1.807, 2.05) is 0 Å². The molecule has 0 saturated carbocycles. The SMILES string of the molecule is Nc1n[nH]c(-c2cccc(F)c2Cl)n1. The molecular formula is C8H6ClFN4. The minimum atomic E-state index is -0.501. The van der Waals surface area contributed by atoms with Crippen molar-refractivity contribution < 1.29 is 4.39 Å². The summed E-state index contributed by atoms with van der Waals surface area (Å²) in [4.78, 5) is 3.84. The van der Waals surface area contributed by atoms with E-state index < -0.39 is 5.82 Å². The summed E-state index contributed by atoms with van der Waals surface area (Å²) in [7, 11) is 0. The summed E-state index contributed by atoms with van der Waals surface area (Å²) in [6.45, 7) is 0. The molecule has 6 heteroatoms. The maximum atomic E-state index is 13.0. The van der Waals surface area contributed by atoms with Crippen LogP contribution < -0.4 is 5.73 Å².